The summed E-state index contributed by atoms with van der Waals surface area (Å²) >= 11 is 0. The molecule has 0 radical (unpaired) electrons. The van der Waals surface area contributed by atoms with Gasteiger partial charge in [0.25, 0.3) is 5.91 Å². The van der Waals surface area contributed by atoms with Gasteiger partial charge in [0.15, 0.2) is 5.76 Å². The zero-order valence-electron chi connectivity index (χ0n) is 13.9. The first-order chi connectivity index (χ1) is 12.7. The fraction of sp³-hybridized carbons (Fsp3) is 0.143. The van der Waals surface area contributed by atoms with Crippen molar-refractivity contribution in [1.29, 1.82) is 0 Å². The largest absolute Gasteiger partial charge is 0.425 e. The van der Waals surface area contributed by atoms with E-state index in [1.807, 2.05) is 18.2 Å². The maximum Gasteiger partial charge on any atom is 0.302 e. The third-order valence-electron chi connectivity index (χ3n) is 4.91. The smallest absolute Gasteiger partial charge is 0.302 e. The Morgan fingerprint density at radius 2 is 1.69 bits per heavy atom. The lowest BCUT2D eigenvalue weighted by atomic mass is 10.00. The Balaban J connectivity index is 1.55. The molecule has 0 bridgehead atoms. The zero-order valence-corrected chi connectivity index (χ0v) is 13.9. The molecule has 5 nitrogen and oxygen atoms in total. The summed E-state index contributed by atoms with van der Waals surface area (Å²) in [4.78, 5) is 27.2. The quantitative estimate of drug-likeness (QED) is 0.527. The molecule has 0 spiro atoms. The van der Waals surface area contributed by atoms with Gasteiger partial charge in [0.1, 0.15) is 11.0 Å². The third-order valence-corrected chi connectivity index (χ3v) is 4.91. The van der Waals surface area contributed by atoms with E-state index >= 15 is 0 Å². The minimum atomic E-state index is -0.227. The Hall–Kier alpha value is -3.34. The highest BCUT2D eigenvalue weighted by Crippen LogP contribution is 2.25. The standard InChI is InChI=1S/C21H15NO4/c23-19-15-7-3-4-8-17(15)25-21-16(19)11-18(26-21)20(24)22-10-9-13-5-1-2-6-14(13)12-22/h1-8,11H,9-10,12H2. The summed E-state index contributed by atoms with van der Waals surface area (Å²) in [5, 5.41) is 0.774. The van der Waals surface area contributed by atoms with E-state index in [9.17, 15) is 9.59 Å². The number of amides is 1. The van der Waals surface area contributed by atoms with Crippen molar-refractivity contribution >= 4 is 28.0 Å². The average Bonchev–Trinajstić information content (AvgIpc) is 3.11. The Kier molecular flexibility index (Phi) is 3.22. The number of nitrogens with zero attached hydrogens (tertiary/aromatic N) is 1. The number of carbonyl (C=O) groups is 1. The lowest BCUT2D eigenvalue weighted by Crippen LogP contribution is -2.35. The van der Waals surface area contributed by atoms with Crippen molar-refractivity contribution in [3.63, 3.8) is 0 Å². The molecule has 5 heteroatoms. The van der Waals surface area contributed by atoms with Crippen LogP contribution in [0.1, 0.15) is 21.7 Å². The predicted molar refractivity (Wildman–Crippen MR) is 97.1 cm³/mol. The molecular formula is C21H15NO4. The van der Waals surface area contributed by atoms with Crippen molar-refractivity contribution in [2.45, 2.75) is 13.0 Å². The predicted octanol–water partition coefficient (Wildman–Crippen LogP) is 3.74. The summed E-state index contributed by atoms with van der Waals surface area (Å²) < 4.78 is 11.3. The number of furan rings is 1. The molecule has 0 aliphatic carbocycles. The maximum atomic E-state index is 12.9. The molecule has 5 rings (SSSR count). The Morgan fingerprint density at radius 1 is 0.923 bits per heavy atom. The average molecular weight is 345 g/mol. The van der Waals surface area contributed by atoms with Gasteiger partial charge >= 0.3 is 5.78 Å². The molecule has 0 unspecified atom stereocenters. The van der Waals surface area contributed by atoms with Crippen molar-refractivity contribution in [2.24, 2.45) is 0 Å². The lowest BCUT2D eigenvalue weighted by Gasteiger charge is -2.28. The van der Waals surface area contributed by atoms with Gasteiger partial charge in [-0.1, -0.05) is 36.4 Å². The van der Waals surface area contributed by atoms with Crippen LogP contribution in [0.15, 0.2) is 68.2 Å². The summed E-state index contributed by atoms with van der Waals surface area (Å²) in [5.74, 6) is -0.000596. The van der Waals surface area contributed by atoms with Crippen LogP contribution in [0.3, 0.4) is 0 Å². The number of rotatable bonds is 1. The van der Waals surface area contributed by atoms with E-state index in [1.165, 1.54) is 11.6 Å². The van der Waals surface area contributed by atoms with E-state index in [0.29, 0.717) is 29.4 Å². The van der Waals surface area contributed by atoms with Crippen LogP contribution in [0.2, 0.25) is 0 Å². The molecule has 0 atom stereocenters. The van der Waals surface area contributed by atoms with Crippen LogP contribution in [-0.2, 0) is 13.0 Å². The summed E-state index contributed by atoms with van der Waals surface area (Å²) in [7, 11) is 0. The Labute approximate surface area is 148 Å². The molecular weight excluding hydrogens is 330 g/mol. The number of hydrogen-bond donors (Lipinski definition) is 0. The van der Waals surface area contributed by atoms with E-state index in [2.05, 4.69) is 6.07 Å². The third kappa shape index (κ3) is 2.24. The topological polar surface area (TPSA) is 63.7 Å². The molecule has 0 N–H and O–H groups in total. The van der Waals surface area contributed by atoms with Crippen LogP contribution in [0.25, 0.3) is 22.1 Å². The molecule has 0 saturated carbocycles. The second-order valence-electron chi connectivity index (χ2n) is 6.48. The van der Waals surface area contributed by atoms with E-state index in [0.717, 1.165) is 12.0 Å². The first kappa shape index (κ1) is 15.0. The number of fused-ring (bicyclic) bond motifs is 3. The van der Waals surface area contributed by atoms with Gasteiger partial charge in [-0.05, 0) is 29.7 Å². The normalized spacial score (nSPS) is 13.9. The van der Waals surface area contributed by atoms with Crippen molar-refractivity contribution in [2.75, 3.05) is 6.54 Å². The van der Waals surface area contributed by atoms with E-state index in [4.69, 9.17) is 8.83 Å². The van der Waals surface area contributed by atoms with Gasteiger partial charge < -0.3 is 13.7 Å². The van der Waals surface area contributed by atoms with E-state index in [-0.39, 0.29) is 22.9 Å². The molecule has 0 saturated heterocycles. The molecule has 2 aromatic heterocycles. The van der Waals surface area contributed by atoms with E-state index in [1.54, 1.807) is 29.2 Å². The van der Waals surface area contributed by atoms with Gasteiger partial charge in [0.05, 0.1) is 5.39 Å². The molecule has 1 aliphatic rings. The first-order valence-electron chi connectivity index (χ1n) is 8.52. The monoisotopic (exact) mass is 345 g/mol. The van der Waals surface area contributed by atoms with Gasteiger partial charge in [-0.25, -0.2) is 0 Å². The number of hydrogen-bond acceptors (Lipinski definition) is 4. The van der Waals surface area contributed by atoms with Crippen LogP contribution < -0.4 is 5.43 Å². The number of carbonyl (C=O) groups excluding carboxylic acids is 1. The highest BCUT2D eigenvalue weighted by atomic mass is 16.5. The Morgan fingerprint density at radius 3 is 2.58 bits per heavy atom. The summed E-state index contributed by atoms with van der Waals surface area (Å²) in [5.41, 5.74) is 2.67. The summed E-state index contributed by atoms with van der Waals surface area (Å²) in [6.45, 7) is 1.16. The molecule has 3 heterocycles. The van der Waals surface area contributed by atoms with Crippen LogP contribution in [0.5, 0.6) is 0 Å². The van der Waals surface area contributed by atoms with Crippen LogP contribution >= 0.6 is 0 Å². The van der Waals surface area contributed by atoms with Crippen LogP contribution in [0, 0.1) is 0 Å². The maximum absolute atomic E-state index is 12.9. The highest BCUT2D eigenvalue weighted by Gasteiger charge is 2.25. The number of benzene rings is 2. The van der Waals surface area contributed by atoms with Crippen molar-refractivity contribution < 1.29 is 13.6 Å². The molecule has 1 amide bonds. The zero-order chi connectivity index (χ0) is 17.7. The molecule has 128 valence electrons. The minimum absolute atomic E-state index is 0.0921. The molecule has 1 aliphatic heterocycles. The molecule has 2 aromatic carbocycles. The molecule has 0 fully saturated rings. The van der Waals surface area contributed by atoms with Crippen LogP contribution in [-0.4, -0.2) is 17.4 Å². The van der Waals surface area contributed by atoms with Gasteiger partial charge in [-0.15, -0.1) is 0 Å². The first-order valence-corrected chi connectivity index (χ1v) is 8.52. The highest BCUT2D eigenvalue weighted by molar-refractivity contribution is 5.97. The van der Waals surface area contributed by atoms with Gasteiger partial charge in [-0.2, -0.15) is 0 Å². The second-order valence-corrected chi connectivity index (χ2v) is 6.48. The van der Waals surface area contributed by atoms with Crippen LogP contribution in [0.4, 0.5) is 0 Å². The van der Waals surface area contributed by atoms with Gasteiger partial charge in [-0.3, -0.25) is 9.59 Å². The van der Waals surface area contributed by atoms with Crippen molar-refractivity contribution in [3.05, 3.63) is 81.7 Å². The minimum Gasteiger partial charge on any atom is -0.425 e. The van der Waals surface area contributed by atoms with E-state index < -0.39 is 0 Å². The van der Waals surface area contributed by atoms with Gasteiger partial charge in [0, 0.05) is 19.2 Å². The summed E-state index contributed by atoms with van der Waals surface area (Å²) in [6.07, 6.45) is 0.809. The van der Waals surface area contributed by atoms with Crippen molar-refractivity contribution in [1.82, 2.24) is 4.90 Å². The SMILES string of the molecule is O=C(c1cc2c(=O)c3ccccc3oc2o1)N1CCc2ccccc2C1. The second kappa shape index (κ2) is 5.59. The van der Waals surface area contributed by atoms with Crippen molar-refractivity contribution in [3.8, 4) is 0 Å². The number of para-hydroxylation sites is 1. The Bertz CT molecular complexity index is 1220. The molecule has 4 aromatic rings. The lowest BCUT2D eigenvalue weighted by molar-refractivity contribution is 0.0703. The molecule has 26 heavy (non-hydrogen) atoms. The van der Waals surface area contributed by atoms with Gasteiger partial charge in [0.2, 0.25) is 5.43 Å². The fourth-order valence-electron chi connectivity index (χ4n) is 3.53. The summed E-state index contributed by atoms with van der Waals surface area (Å²) in [6, 6.07) is 16.6. The fourth-order valence-corrected chi connectivity index (χ4v) is 3.53.